The Bertz CT molecular complexity index is 254. The molecule has 1 fully saturated rings. The van der Waals surface area contributed by atoms with Crippen molar-refractivity contribution in [1.82, 2.24) is 10.6 Å². The number of alkyl halides is 3. The van der Waals surface area contributed by atoms with Crippen LogP contribution in [0.4, 0.5) is 13.2 Å². The molecule has 1 saturated carbocycles. The molecule has 3 nitrogen and oxygen atoms in total. The van der Waals surface area contributed by atoms with Crippen LogP contribution in [0.15, 0.2) is 0 Å². The van der Waals surface area contributed by atoms with Crippen molar-refractivity contribution in [3.05, 3.63) is 0 Å². The van der Waals surface area contributed by atoms with Gasteiger partial charge in [-0.1, -0.05) is 0 Å². The summed E-state index contributed by atoms with van der Waals surface area (Å²) < 4.78 is 35.5. The number of nitrogens with one attached hydrogen (secondary N) is 2. The summed E-state index contributed by atoms with van der Waals surface area (Å²) in [5.41, 5.74) is 0. The fraction of sp³-hybridized carbons (Fsp3) is 0.889. The van der Waals surface area contributed by atoms with Crippen molar-refractivity contribution >= 4 is 17.7 Å². The highest BCUT2D eigenvalue weighted by atomic mass is 32.2. The van der Waals surface area contributed by atoms with Crippen LogP contribution in [-0.4, -0.2) is 42.7 Å². The van der Waals surface area contributed by atoms with Gasteiger partial charge < -0.3 is 10.6 Å². The van der Waals surface area contributed by atoms with Gasteiger partial charge in [0.25, 0.3) is 0 Å². The van der Waals surface area contributed by atoms with E-state index in [1.54, 1.807) is 11.8 Å². The average Bonchev–Trinajstić information content (AvgIpc) is 2.95. The molecule has 1 amide bonds. The third kappa shape index (κ3) is 5.07. The summed E-state index contributed by atoms with van der Waals surface area (Å²) in [6.07, 6.45) is -0.137. The molecule has 0 aromatic carbocycles. The highest BCUT2D eigenvalue weighted by Gasteiger charge is 2.41. The topological polar surface area (TPSA) is 41.1 Å². The van der Waals surface area contributed by atoms with Crippen LogP contribution in [0.5, 0.6) is 0 Å². The second kappa shape index (κ2) is 5.27. The lowest BCUT2D eigenvalue weighted by molar-refractivity contribution is -0.137. The smallest absolute Gasteiger partial charge is 0.346 e. The fourth-order valence-electron chi connectivity index (χ4n) is 1.26. The van der Waals surface area contributed by atoms with Crippen molar-refractivity contribution in [3.63, 3.8) is 0 Å². The van der Waals surface area contributed by atoms with Gasteiger partial charge in [0.05, 0.1) is 6.54 Å². The van der Waals surface area contributed by atoms with E-state index in [2.05, 4.69) is 5.32 Å². The number of halogens is 3. The Balaban J connectivity index is 2.07. The van der Waals surface area contributed by atoms with Crippen molar-refractivity contribution in [3.8, 4) is 0 Å². The second-order valence-corrected chi connectivity index (χ2v) is 5.16. The molecule has 0 spiro atoms. The summed E-state index contributed by atoms with van der Waals surface area (Å²) in [4.78, 5) is 11.0. The third-order valence-electron chi connectivity index (χ3n) is 2.46. The summed E-state index contributed by atoms with van der Waals surface area (Å²) in [7, 11) is 0. The van der Waals surface area contributed by atoms with Crippen LogP contribution in [0.1, 0.15) is 12.8 Å². The monoisotopic (exact) mass is 256 g/mol. The summed E-state index contributed by atoms with van der Waals surface area (Å²) in [5.74, 6) is -0.616. The lowest BCUT2D eigenvalue weighted by Gasteiger charge is -2.13. The van der Waals surface area contributed by atoms with Crippen LogP contribution in [0.25, 0.3) is 0 Å². The van der Waals surface area contributed by atoms with E-state index in [1.807, 2.05) is 11.6 Å². The van der Waals surface area contributed by atoms with Crippen LogP contribution in [0.2, 0.25) is 0 Å². The van der Waals surface area contributed by atoms with E-state index in [0.29, 0.717) is 6.54 Å². The van der Waals surface area contributed by atoms with Gasteiger partial charge in [0, 0.05) is 11.3 Å². The van der Waals surface area contributed by atoms with Gasteiger partial charge in [-0.05, 0) is 19.1 Å². The van der Waals surface area contributed by atoms with E-state index in [9.17, 15) is 18.0 Å². The number of hydrogen-bond donors (Lipinski definition) is 2. The molecule has 0 saturated heterocycles. The first-order chi connectivity index (χ1) is 7.37. The maximum absolute atomic E-state index is 11.8. The van der Waals surface area contributed by atoms with Crippen LogP contribution < -0.4 is 10.6 Å². The van der Waals surface area contributed by atoms with Crippen molar-refractivity contribution in [2.75, 3.05) is 25.9 Å². The molecule has 0 aromatic rings. The highest BCUT2D eigenvalue weighted by Crippen LogP contribution is 2.46. The Labute approximate surface area is 96.5 Å². The Morgan fingerprint density at radius 3 is 2.50 bits per heavy atom. The van der Waals surface area contributed by atoms with Gasteiger partial charge in [-0.15, -0.1) is 0 Å². The molecule has 1 aliphatic rings. The lowest BCUT2D eigenvalue weighted by Crippen LogP contribution is -2.40. The minimum absolute atomic E-state index is 0.0572. The minimum atomic E-state index is -4.34. The molecule has 2 N–H and O–H groups in total. The molecular weight excluding hydrogens is 241 g/mol. The number of carbonyl (C=O) groups excluding carboxylic acids is 1. The zero-order valence-corrected chi connectivity index (χ0v) is 9.80. The maximum Gasteiger partial charge on any atom is 0.405 e. The lowest BCUT2D eigenvalue weighted by atomic mass is 10.4. The van der Waals surface area contributed by atoms with E-state index < -0.39 is 18.6 Å². The summed E-state index contributed by atoms with van der Waals surface area (Å²) in [6.45, 7) is -0.646. The van der Waals surface area contributed by atoms with E-state index in [-0.39, 0.29) is 11.3 Å². The van der Waals surface area contributed by atoms with E-state index in [4.69, 9.17) is 0 Å². The molecule has 16 heavy (non-hydrogen) atoms. The van der Waals surface area contributed by atoms with E-state index >= 15 is 0 Å². The standard InChI is InChI=1S/C9H15F3N2OS/c1-16-8(2-3-8)5-13-4-7(15)14-6-9(10,11)12/h13H,2-6H2,1H3,(H,14,15). The predicted octanol–water partition coefficient (Wildman–Crippen LogP) is 1.15. The van der Waals surface area contributed by atoms with Gasteiger partial charge in [-0.3, -0.25) is 4.79 Å². The summed E-state index contributed by atoms with van der Waals surface area (Å²) in [6, 6.07) is 0. The van der Waals surface area contributed by atoms with Gasteiger partial charge in [0.2, 0.25) is 5.91 Å². The molecule has 0 bridgehead atoms. The maximum atomic E-state index is 11.8. The van der Waals surface area contributed by atoms with Crippen LogP contribution in [0.3, 0.4) is 0 Å². The predicted molar refractivity (Wildman–Crippen MR) is 57.4 cm³/mol. The number of rotatable bonds is 6. The van der Waals surface area contributed by atoms with Crippen molar-refractivity contribution < 1.29 is 18.0 Å². The number of carbonyl (C=O) groups is 1. The molecule has 1 aliphatic carbocycles. The molecule has 0 heterocycles. The highest BCUT2D eigenvalue weighted by molar-refractivity contribution is 8.00. The molecular formula is C9H15F3N2OS. The third-order valence-corrected chi connectivity index (χ3v) is 3.88. The van der Waals surface area contributed by atoms with Gasteiger partial charge >= 0.3 is 6.18 Å². The molecule has 0 aliphatic heterocycles. The number of hydrogen-bond acceptors (Lipinski definition) is 3. The quantitative estimate of drug-likeness (QED) is 0.749. The zero-order valence-electron chi connectivity index (χ0n) is 8.99. The molecule has 0 atom stereocenters. The number of amides is 1. The SMILES string of the molecule is CSC1(CNCC(=O)NCC(F)(F)F)CC1. The zero-order chi connectivity index (χ0) is 12.2. The molecule has 0 unspecified atom stereocenters. The molecule has 7 heteroatoms. The molecule has 0 radical (unpaired) electrons. The van der Waals surface area contributed by atoms with E-state index in [1.165, 1.54) is 0 Å². The fourth-order valence-corrected chi connectivity index (χ4v) is 2.01. The minimum Gasteiger partial charge on any atom is -0.346 e. The van der Waals surface area contributed by atoms with Crippen LogP contribution in [-0.2, 0) is 4.79 Å². The van der Waals surface area contributed by atoms with Crippen molar-refractivity contribution in [2.45, 2.75) is 23.8 Å². The first-order valence-corrected chi connectivity index (χ1v) is 6.19. The molecule has 1 rings (SSSR count). The van der Waals surface area contributed by atoms with Crippen LogP contribution in [0, 0.1) is 0 Å². The first-order valence-electron chi connectivity index (χ1n) is 4.96. The first kappa shape index (κ1) is 13.6. The largest absolute Gasteiger partial charge is 0.405 e. The molecule has 0 aromatic heterocycles. The number of thioether (sulfide) groups is 1. The second-order valence-electron chi connectivity index (χ2n) is 3.88. The van der Waals surface area contributed by atoms with Gasteiger partial charge in [-0.25, -0.2) is 0 Å². The Kier molecular flexibility index (Phi) is 4.49. The van der Waals surface area contributed by atoms with Gasteiger partial charge in [0.1, 0.15) is 6.54 Å². The Morgan fingerprint density at radius 2 is 2.06 bits per heavy atom. The van der Waals surface area contributed by atoms with Gasteiger partial charge in [0.15, 0.2) is 0 Å². The van der Waals surface area contributed by atoms with Gasteiger partial charge in [-0.2, -0.15) is 24.9 Å². The normalized spacial score (nSPS) is 18.2. The van der Waals surface area contributed by atoms with Crippen LogP contribution >= 0.6 is 11.8 Å². The summed E-state index contributed by atoms with van der Waals surface area (Å²) >= 11 is 1.73. The Morgan fingerprint density at radius 1 is 1.44 bits per heavy atom. The summed E-state index contributed by atoms with van der Waals surface area (Å²) in [5, 5.41) is 4.69. The van der Waals surface area contributed by atoms with E-state index in [0.717, 1.165) is 12.8 Å². The average molecular weight is 256 g/mol. The van der Waals surface area contributed by atoms with Crippen molar-refractivity contribution in [1.29, 1.82) is 0 Å². The van der Waals surface area contributed by atoms with Crippen molar-refractivity contribution in [2.24, 2.45) is 0 Å². The Hall–Kier alpha value is -0.430. The molecule has 94 valence electrons.